The minimum absolute atomic E-state index is 0.103. The molecule has 6 nitrogen and oxygen atoms in total. The first-order chi connectivity index (χ1) is 16.1. The summed E-state index contributed by atoms with van der Waals surface area (Å²) in [5.41, 5.74) is 1.62. The van der Waals surface area contributed by atoms with Crippen LogP contribution in [0.4, 0.5) is 4.79 Å². The van der Waals surface area contributed by atoms with Gasteiger partial charge in [0.1, 0.15) is 5.54 Å². The van der Waals surface area contributed by atoms with E-state index in [0.29, 0.717) is 6.42 Å². The van der Waals surface area contributed by atoms with E-state index in [9.17, 15) is 9.59 Å². The van der Waals surface area contributed by atoms with Gasteiger partial charge in [-0.1, -0.05) is 42.3 Å². The number of urea groups is 1. The molecule has 6 heteroatoms. The number of carbonyl (C=O) groups is 2. The molecule has 1 unspecified atom stereocenters. The molecule has 0 radical (unpaired) electrons. The van der Waals surface area contributed by atoms with Crippen LogP contribution in [0, 0.1) is 17.8 Å². The maximum Gasteiger partial charge on any atom is 0.325 e. The molecule has 0 saturated carbocycles. The number of hydrogen-bond donors (Lipinski definition) is 1. The van der Waals surface area contributed by atoms with E-state index in [0.717, 1.165) is 45.3 Å². The minimum atomic E-state index is -0.832. The number of nitrogens with one attached hydrogen (secondary N) is 1. The third kappa shape index (κ3) is 5.26. The lowest BCUT2D eigenvalue weighted by molar-refractivity contribution is -0.134. The highest BCUT2D eigenvalue weighted by Gasteiger charge is 2.55. The topological polar surface area (TPSA) is 65.5 Å². The normalized spacial score (nSPS) is 21.5. The van der Waals surface area contributed by atoms with Crippen LogP contribution in [0.15, 0.2) is 54.9 Å². The lowest BCUT2D eigenvalue weighted by Crippen LogP contribution is -2.56. The summed E-state index contributed by atoms with van der Waals surface area (Å²) in [6.45, 7) is 4.54. The summed E-state index contributed by atoms with van der Waals surface area (Å²) >= 11 is 0. The van der Waals surface area contributed by atoms with Crippen molar-refractivity contribution in [1.29, 1.82) is 0 Å². The van der Waals surface area contributed by atoms with Crippen LogP contribution in [-0.4, -0.2) is 51.9 Å². The standard InChI is InChI=1S/C27H32N4O2/c1-2-3-17-31-25(32)27(29-26(31)33,15-7-11-22-9-5-4-6-10-22)24-13-18-30(19-14-24)21-23-12-8-16-28-20-23/h4-6,8-10,12,16,20,24H,7,11,13-15,17-19,21H2,1H3,(H,29,33). The van der Waals surface area contributed by atoms with E-state index >= 15 is 0 Å². The minimum Gasteiger partial charge on any atom is -0.323 e. The average molecular weight is 445 g/mol. The smallest absolute Gasteiger partial charge is 0.323 e. The highest BCUT2D eigenvalue weighted by molar-refractivity contribution is 6.07. The van der Waals surface area contributed by atoms with E-state index in [1.165, 1.54) is 16.0 Å². The molecule has 3 heterocycles. The van der Waals surface area contributed by atoms with Crippen LogP contribution in [0.3, 0.4) is 0 Å². The molecule has 33 heavy (non-hydrogen) atoms. The summed E-state index contributed by atoms with van der Waals surface area (Å²) in [5, 5.41) is 3.14. The van der Waals surface area contributed by atoms with Gasteiger partial charge in [0, 0.05) is 18.9 Å². The molecule has 1 atom stereocenters. The fraction of sp³-hybridized carbons (Fsp3) is 0.444. The maximum atomic E-state index is 13.6. The van der Waals surface area contributed by atoms with Gasteiger partial charge < -0.3 is 5.32 Å². The van der Waals surface area contributed by atoms with Crippen LogP contribution in [-0.2, 0) is 17.8 Å². The number of piperidine rings is 1. The maximum absolute atomic E-state index is 13.6. The first kappa shape index (κ1) is 23.0. The third-order valence-electron chi connectivity index (χ3n) is 6.91. The molecule has 0 spiro atoms. The van der Waals surface area contributed by atoms with Gasteiger partial charge >= 0.3 is 6.03 Å². The molecule has 1 N–H and O–H groups in total. The van der Waals surface area contributed by atoms with Crippen molar-refractivity contribution in [3.8, 4) is 11.8 Å². The molecule has 0 aliphatic carbocycles. The Morgan fingerprint density at radius 3 is 2.55 bits per heavy atom. The number of hydrogen-bond acceptors (Lipinski definition) is 4. The zero-order chi connectivity index (χ0) is 23.1. The summed E-state index contributed by atoms with van der Waals surface area (Å²) in [4.78, 5) is 34.3. The first-order valence-corrected chi connectivity index (χ1v) is 11.8. The predicted octanol–water partition coefficient (Wildman–Crippen LogP) is 3.63. The molecule has 2 aliphatic heterocycles. The Bertz CT molecular complexity index is 1010. The Labute approximate surface area is 196 Å². The molecule has 3 amide bonds. The number of pyridine rings is 1. The zero-order valence-corrected chi connectivity index (χ0v) is 19.3. The Morgan fingerprint density at radius 2 is 1.85 bits per heavy atom. The van der Waals surface area contributed by atoms with E-state index in [2.05, 4.69) is 45.2 Å². The number of rotatable bonds is 8. The highest BCUT2D eigenvalue weighted by atomic mass is 16.2. The van der Waals surface area contributed by atoms with Crippen LogP contribution in [0.25, 0.3) is 0 Å². The van der Waals surface area contributed by atoms with Crippen LogP contribution >= 0.6 is 0 Å². The number of benzene rings is 1. The van der Waals surface area contributed by atoms with Crippen molar-refractivity contribution >= 4 is 11.9 Å². The lowest BCUT2D eigenvalue weighted by Gasteiger charge is -2.41. The Morgan fingerprint density at radius 1 is 1.09 bits per heavy atom. The molecular formula is C27H32N4O2. The Balaban J connectivity index is 1.46. The second kappa shape index (κ2) is 10.6. The van der Waals surface area contributed by atoms with Crippen LogP contribution in [0.5, 0.6) is 0 Å². The second-order valence-corrected chi connectivity index (χ2v) is 8.97. The van der Waals surface area contributed by atoms with Gasteiger partial charge in [0.15, 0.2) is 0 Å². The van der Waals surface area contributed by atoms with Crippen molar-refractivity contribution in [3.63, 3.8) is 0 Å². The van der Waals surface area contributed by atoms with Crippen molar-refractivity contribution in [2.24, 2.45) is 5.92 Å². The number of carbonyl (C=O) groups excluding carboxylic acids is 2. The van der Waals surface area contributed by atoms with Crippen molar-refractivity contribution in [2.75, 3.05) is 19.6 Å². The van der Waals surface area contributed by atoms with Crippen molar-refractivity contribution < 1.29 is 9.59 Å². The van der Waals surface area contributed by atoms with E-state index in [-0.39, 0.29) is 24.4 Å². The van der Waals surface area contributed by atoms with E-state index < -0.39 is 5.54 Å². The van der Waals surface area contributed by atoms with Gasteiger partial charge in [-0.05, 0) is 75.2 Å². The van der Waals surface area contributed by atoms with Gasteiger partial charge in [0.2, 0.25) is 0 Å². The summed E-state index contributed by atoms with van der Waals surface area (Å²) in [5.74, 6) is 5.71. The molecular weight excluding hydrogens is 412 g/mol. The number of aryl methyl sites for hydroxylation is 1. The molecule has 1 aromatic carbocycles. The Kier molecular flexibility index (Phi) is 7.41. The van der Waals surface area contributed by atoms with Crippen molar-refractivity contribution in [1.82, 2.24) is 20.1 Å². The molecule has 172 valence electrons. The fourth-order valence-electron chi connectivity index (χ4n) is 5.15. The van der Waals surface area contributed by atoms with E-state index in [4.69, 9.17) is 0 Å². The molecule has 2 fully saturated rings. The average Bonchev–Trinajstić information content (AvgIpc) is 3.09. The van der Waals surface area contributed by atoms with Gasteiger partial charge in [0.05, 0.1) is 6.54 Å². The SMILES string of the molecule is CC#CCN1C(=O)NC(CCCc2ccccc2)(C2CCN(Cc3cccnc3)CC2)C1=O. The van der Waals surface area contributed by atoms with E-state index in [1.807, 2.05) is 30.5 Å². The van der Waals surface area contributed by atoms with Crippen LogP contribution in [0.2, 0.25) is 0 Å². The first-order valence-electron chi connectivity index (χ1n) is 11.8. The van der Waals surface area contributed by atoms with Crippen LogP contribution in [0.1, 0.15) is 43.7 Å². The van der Waals surface area contributed by atoms with Gasteiger partial charge in [0.25, 0.3) is 5.91 Å². The fourth-order valence-corrected chi connectivity index (χ4v) is 5.15. The molecule has 4 rings (SSSR count). The zero-order valence-electron chi connectivity index (χ0n) is 19.3. The van der Waals surface area contributed by atoms with Gasteiger partial charge in [-0.25, -0.2) is 4.79 Å². The largest absolute Gasteiger partial charge is 0.325 e. The monoisotopic (exact) mass is 444 g/mol. The molecule has 2 aliphatic rings. The highest BCUT2D eigenvalue weighted by Crippen LogP contribution is 2.37. The quantitative estimate of drug-likeness (QED) is 0.499. The van der Waals surface area contributed by atoms with E-state index in [1.54, 1.807) is 13.1 Å². The summed E-state index contributed by atoms with van der Waals surface area (Å²) < 4.78 is 0. The third-order valence-corrected chi connectivity index (χ3v) is 6.91. The number of amides is 3. The van der Waals surface area contributed by atoms with Crippen molar-refractivity contribution in [3.05, 3.63) is 66.0 Å². The molecule has 2 saturated heterocycles. The summed E-state index contributed by atoms with van der Waals surface area (Å²) in [6.07, 6.45) is 7.84. The van der Waals surface area contributed by atoms with Crippen molar-refractivity contribution in [2.45, 2.75) is 51.1 Å². The van der Waals surface area contributed by atoms with Gasteiger partial charge in [-0.2, -0.15) is 0 Å². The molecule has 2 aromatic rings. The second-order valence-electron chi connectivity index (χ2n) is 8.97. The summed E-state index contributed by atoms with van der Waals surface area (Å²) in [7, 11) is 0. The predicted molar refractivity (Wildman–Crippen MR) is 128 cm³/mol. The number of imide groups is 1. The van der Waals surface area contributed by atoms with Gasteiger partial charge in [-0.15, -0.1) is 5.92 Å². The number of nitrogens with zero attached hydrogens (tertiary/aromatic N) is 3. The summed E-state index contributed by atoms with van der Waals surface area (Å²) in [6, 6.07) is 14.1. The number of likely N-dealkylation sites (tertiary alicyclic amines) is 1. The molecule has 0 bridgehead atoms. The molecule has 1 aromatic heterocycles. The van der Waals surface area contributed by atoms with Gasteiger partial charge in [-0.3, -0.25) is 19.6 Å². The Hall–Kier alpha value is -3.17. The number of aromatic nitrogens is 1. The lowest BCUT2D eigenvalue weighted by atomic mass is 9.74. The van der Waals surface area contributed by atoms with Crippen LogP contribution < -0.4 is 5.32 Å².